The van der Waals surface area contributed by atoms with Gasteiger partial charge in [-0.15, -0.1) is 0 Å². The van der Waals surface area contributed by atoms with Crippen LogP contribution >= 0.6 is 0 Å². The molecule has 1 saturated heterocycles. The predicted octanol–water partition coefficient (Wildman–Crippen LogP) is 4.05. The van der Waals surface area contributed by atoms with Gasteiger partial charge in [0.25, 0.3) is 11.8 Å². The maximum absolute atomic E-state index is 13.5. The first kappa shape index (κ1) is 20.1. The standard InChI is InChI=1S/C24H26FN3O2/c1-3-26(4-2)19-11-13-20(14-12-19)28-23(29)21(17-7-9-18(25)10-8-17)22(24(28)30)27-15-5-6-16-27/h7-14H,3-6,15-16H2,1-2H3. The van der Waals surface area contributed by atoms with Crippen LogP contribution in [0.25, 0.3) is 5.57 Å². The number of anilines is 2. The molecule has 0 unspecified atom stereocenters. The lowest BCUT2D eigenvalue weighted by molar-refractivity contribution is -0.120. The van der Waals surface area contributed by atoms with Gasteiger partial charge >= 0.3 is 0 Å². The van der Waals surface area contributed by atoms with Crippen molar-refractivity contribution >= 4 is 28.8 Å². The minimum Gasteiger partial charge on any atom is -0.372 e. The monoisotopic (exact) mass is 407 g/mol. The molecule has 2 amide bonds. The van der Waals surface area contributed by atoms with E-state index in [4.69, 9.17) is 0 Å². The van der Waals surface area contributed by atoms with Crippen LogP contribution in [0.4, 0.5) is 15.8 Å². The van der Waals surface area contributed by atoms with E-state index in [9.17, 15) is 14.0 Å². The van der Waals surface area contributed by atoms with Crippen LogP contribution < -0.4 is 9.80 Å². The molecule has 2 heterocycles. The molecule has 0 aromatic heterocycles. The summed E-state index contributed by atoms with van der Waals surface area (Å²) in [5, 5.41) is 0. The van der Waals surface area contributed by atoms with Crippen LogP contribution in [0.5, 0.6) is 0 Å². The number of carbonyl (C=O) groups excluding carboxylic acids is 2. The van der Waals surface area contributed by atoms with Crippen molar-refractivity contribution in [2.75, 3.05) is 36.0 Å². The Kier molecular flexibility index (Phi) is 5.57. The molecule has 0 spiro atoms. The average molecular weight is 407 g/mol. The zero-order valence-corrected chi connectivity index (χ0v) is 17.4. The van der Waals surface area contributed by atoms with Crippen molar-refractivity contribution in [1.82, 2.24) is 4.90 Å². The van der Waals surface area contributed by atoms with Gasteiger partial charge in [-0.3, -0.25) is 9.59 Å². The Morgan fingerprint density at radius 1 is 0.867 bits per heavy atom. The molecule has 0 saturated carbocycles. The summed E-state index contributed by atoms with van der Waals surface area (Å²) in [6.45, 7) is 7.43. The number of hydrogen-bond acceptors (Lipinski definition) is 4. The zero-order chi connectivity index (χ0) is 21.3. The van der Waals surface area contributed by atoms with E-state index in [-0.39, 0.29) is 17.6 Å². The lowest BCUT2D eigenvalue weighted by atomic mass is 10.0. The van der Waals surface area contributed by atoms with Crippen molar-refractivity contribution in [3.8, 4) is 0 Å². The van der Waals surface area contributed by atoms with E-state index in [1.807, 2.05) is 29.2 Å². The molecule has 0 bridgehead atoms. The highest BCUT2D eigenvalue weighted by Crippen LogP contribution is 2.36. The van der Waals surface area contributed by atoms with E-state index in [0.29, 0.717) is 22.5 Å². The molecule has 2 aliphatic heterocycles. The SMILES string of the molecule is CCN(CC)c1ccc(N2C(=O)C(c3ccc(F)cc3)=C(N3CCCC3)C2=O)cc1. The summed E-state index contributed by atoms with van der Waals surface area (Å²) in [6.07, 6.45) is 1.97. The summed E-state index contributed by atoms with van der Waals surface area (Å²) >= 11 is 0. The topological polar surface area (TPSA) is 43.9 Å². The fraction of sp³-hybridized carbons (Fsp3) is 0.333. The molecule has 1 fully saturated rings. The molecule has 2 aromatic rings. The molecule has 0 N–H and O–H groups in total. The van der Waals surface area contributed by atoms with Gasteiger partial charge in [0.2, 0.25) is 0 Å². The third-order valence-corrected chi connectivity index (χ3v) is 5.85. The van der Waals surface area contributed by atoms with E-state index in [2.05, 4.69) is 18.7 Å². The smallest absolute Gasteiger partial charge is 0.282 e. The Bertz CT molecular complexity index is 973. The number of benzene rings is 2. The summed E-state index contributed by atoms with van der Waals surface area (Å²) < 4.78 is 13.5. The van der Waals surface area contributed by atoms with Gasteiger partial charge in [-0.25, -0.2) is 9.29 Å². The van der Waals surface area contributed by atoms with Gasteiger partial charge in [-0.1, -0.05) is 12.1 Å². The molecule has 0 aliphatic carbocycles. The summed E-state index contributed by atoms with van der Waals surface area (Å²) in [7, 11) is 0. The fourth-order valence-corrected chi connectivity index (χ4v) is 4.26. The molecule has 5 nitrogen and oxygen atoms in total. The quantitative estimate of drug-likeness (QED) is 0.678. The molecular formula is C24H26FN3O2. The Labute approximate surface area is 176 Å². The third-order valence-electron chi connectivity index (χ3n) is 5.85. The summed E-state index contributed by atoms with van der Waals surface area (Å²) in [5.41, 5.74) is 2.95. The molecular weight excluding hydrogens is 381 g/mol. The Morgan fingerprint density at radius 3 is 2.03 bits per heavy atom. The number of hydrogen-bond donors (Lipinski definition) is 0. The number of likely N-dealkylation sites (tertiary alicyclic amines) is 1. The van der Waals surface area contributed by atoms with Crippen LogP contribution in [0.3, 0.4) is 0 Å². The number of nitrogens with zero attached hydrogens (tertiary/aromatic N) is 3. The molecule has 0 radical (unpaired) electrons. The number of rotatable bonds is 6. The van der Waals surface area contributed by atoms with Crippen molar-refractivity contribution in [3.05, 3.63) is 65.6 Å². The second kappa shape index (κ2) is 8.30. The van der Waals surface area contributed by atoms with E-state index >= 15 is 0 Å². The maximum atomic E-state index is 13.5. The van der Waals surface area contributed by atoms with Gasteiger partial charge in [0.05, 0.1) is 11.3 Å². The average Bonchev–Trinajstić information content (AvgIpc) is 3.36. The lowest BCUT2D eigenvalue weighted by Gasteiger charge is -2.23. The van der Waals surface area contributed by atoms with E-state index in [1.54, 1.807) is 12.1 Å². The van der Waals surface area contributed by atoms with E-state index < -0.39 is 0 Å². The van der Waals surface area contributed by atoms with Gasteiger partial charge < -0.3 is 9.80 Å². The minimum absolute atomic E-state index is 0.309. The van der Waals surface area contributed by atoms with Crippen LogP contribution in [-0.2, 0) is 9.59 Å². The zero-order valence-electron chi connectivity index (χ0n) is 17.4. The van der Waals surface area contributed by atoms with Crippen LogP contribution in [0.2, 0.25) is 0 Å². The molecule has 6 heteroatoms. The Morgan fingerprint density at radius 2 is 1.47 bits per heavy atom. The fourth-order valence-electron chi connectivity index (χ4n) is 4.26. The lowest BCUT2D eigenvalue weighted by Crippen LogP contribution is -2.34. The highest BCUT2D eigenvalue weighted by molar-refractivity contribution is 6.45. The van der Waals surface area contributed by atoms with Crippen molar-refractivity contribution < 1.29 is 14.0 Å². The van der Waals surface area contributed by atoms with Gasteiger partial charge in [0.1, 0.15) is 11.5 Å². The largest absolute Gasteiger partial charge is 0.372 e. The third kappa shape index (κ3) is 3.47. The summed E-state index contributed by atoms with van der Waals surface area (Å²) in [5.74, 6) is -1.04. The number of amides is 2. The van der Waals surface area contributed by atoms with Crippen LogP contribution in [0.1, 0.15) is 32.3 Å². The highest BCUT2D eigenvalue weighted by Gasteiger charge is 2.42. The van der Waals surface area contributed by atoms with Gasteiger partial charge in [0, 0.05) is 31.9 Å². The van der Waals surface area contributed by atoms with Crippen molar-refractivity contribution in [2.45, 2.75) is 26.7 Å². The predicted molar refractivity (Wildman–Crippen MR) is 117 cm³/mol. The van der Waals surface area contributed by atoms with Crippen LogP contribution in [0.15, 0.2) is 54.2 Å². The summed E-state index contributed by atoms with van der Waals surface area (Å²) in [6, 6.07) is 13.3. The van der Waals surface area contributed by atoms with Crippen LogP contribution in [0, 0.1) is 5.82 Å². The number of halogens is 1. The first-order chi connectivity index (χ1) is 14.5. The normalized spacial score (nSPS) is 16.8. The van der Waals surface area contributed by atoms with Crippen molar-refractivity contribution in [2.24, 2.45) is 0 Å². The first-order valence-corrected chi connectivity index (χ1v) is 10.5. The van der Waals surface area contributed by atoms with Crippen molar-refractivity contribution in [1.29, 1.82) is 0 Å². The number of imide groups is 1. The molecule has 2 aromatic carbocycles. The molecule has 4 rings (SSSR count). The molecule has 30 heavy (non-hydrogen) atoms. The Balaban J connectivity index is 1.73. The molecule has 2 aliphatic rings. The molecule has 0 atom stereocenters. The second-order valence-corrected chi connectivity index (χ2v) is 7.56. The Hall–Kier alpha value is -3.15. The van der Waals surface area contributed by atoms with E-state index in [0.717, 1.165) is 44.7 Å². The van der Waals surface area contributed by atoms with E-state index in [1.165, 1.54) is 17.0 Å². The number of carbonyl (C=O) groups is 2. The maximum Gasteiger partial charge on any atom is 0.282 e. The van der Waals surface area contributed by atoms with Crippen molar-refractivity contribution in [3.63, 3.8) is 0 Å². The van der Waals surface area contributed by atoms with Gasteiger partial charge in [-0.05, 0) is 68.7 Å². The van der Waals surface area contributed by atoms with Gasteiger partial charge in [-0.2, -0.15) is 0 Å². The molecule has 156 valence electrons. The van der Waals surface area contributed by atoms with Gasteiger partial charge in [0.15, 0.2) is 0 Å². The second-order valence-electron chi connectivity index (χ2n) is 7.56. The highest BCUT2D eigenvalue weighted by atomic mass is 19.1. The first-order valence-electron chi connectivity index (χ1n) is 10.5. The summed E-state index contributed by atoms with van der Waals surface area (Å²) in [4.78, 5) is 32.3. The van der Waals surface area contributed by atoms with Crippen LogP contribution in [-0.4, -0.2) is 42.9 Å². The minimum atomic E-state index is -0.373.